The summed E-state index contributed by atoms with van der Waals surface area (Å²) in [5.74, 6) is -0.722. The molecule has 0 unspecified atom stereocenters. The highest BCUT2D eigenvalue weighted by Gasteiger charge is 2.36. The summed E-state index contributed by atoms with van der Waals surface area (Å²) in [6.07, 6.45) is 3.72. The van der Waals surface area contributed by atoms with Crippen molar-refractivity contribution in [2.75, 3.05) is 16.8 Å². The van der Waals surface area contributed by atoms with Gasteiger partial charge in [0.25, 0.3) is 0 Å². The fourth-order valence-electron chi connectivity index (χ4n) is 4.37. The number of nitrogens with zero attached hydrogens (tertiary/aromatic N) is 5. The summed E-state index contributed by atoms with van der Waals surface area (Å²) in [6.45, 7) is 4.01. The zero-order valence-corrected chi connectivity index (χ0v) is 20.3. The molecule has 0 aliphatic carbocycles. The summed E-state index contributed by atoms with van der Waals surface area (Å²) in [7, 11) is 0. The maximum atomic E-state index is 12.8. The quantitative estimate of drug-likeness (QED) is 0.351. The van der Waals surface area contributed by atoms with Crippen LogP contribution in [-0.2, 0) is 11.2 Å². The van der Waals surface area contributed by atoms with E-state index < -0.39 is 12.1 Å². The molecule has 36 heavy (non-hydrogen) atoms. The van der Waals surface area contributed by atoms with Crippen LogP contribution in [-0.4, -0.2) is 49.4 Å². The van der Waals surface area contributed by atoms with E-state index >= 15 is 0 Å². The van der Waals surface area contributed by atoms with Crippen LogP contribution in [0.4, 0.5) is 16.3 Å². The van der Waals surface area contributed by atoms with Gasteiger partial charge in [0.1, 0.15) is 17.6 Å². The van der Waals surface area contributed by atoms with E-state index in [1.807, 2.05) is 50.4 Å². The predicted octanol–water partition coefficient (Wildman–Crippen LogP) is 4.53. The molecule has 0 bridgehead atoms. The molecule has 10 nitrogen and oxygen atoms in total. The van der Waals surface area contributed by atoms with E-state index in [0.29, 0.717) is 23.6 Å². The van der Waals surface area contributed by atoms with Gasteiger partial charge in [0.2, 0.25) is 0 Å². The lowest BCUT2D eigenvalue weighted by atomic mass is 10.1. The molecule has 0 spiro atoms. The Morgan fingerprint density at radius 2 is 2.11 bits per heavy atom. The second-order valence-corrected chi connectivity index (χ2v) is 9.02. The molecule has 0 aromatic carbocycles. The van der Waals surface area contributed by atoms with Crippen LogP contribution in [0.1, 0.15) is 40.3 Å². The summed E-state index contributed by atoms with van der Waals surface area (Å²) < 4.78 is 7.21. The molecule has 1 saturated heterocycles. The van der Waals surface area contributed by atoms with Crippen LogP contribution < -0.4 is 10.2 Å². The smallest absolute Gasteiger partial charge is 0.415 e. The van der Waals surface area contributed by atoms with Crippen molar-refractivity contribution in [2.24, 2.45) is 0 Å². The number of anilines is 2. The van der Waals surface area contributed by atoms with Crippen LogP contribution in [0.2, 0.25) is 5.15 Å². The van der Waals surface area contributed by atoms with Gasteiger partial charge in [-0.15, -0.1) is 0 Å². The van der Waals surface area contributed by atoms with Crippen LogP contribution >= 0.6 is 11.6 Å². The Bertz CT molecular complexity index is 1470. The number of aromatic nitrogens is 4. The lowest BCUT2D eigenvalue weighted by molar-refractivity contribution is 0.0691. The highest BCUT2D eigenvalue weighted by atomic mass is 35.5. The Kier molecular flexibility index (Phi) is 6.19. The Morgan fingerprint density at radius 3 is 2.92 bits per heavy atom. The van der Waals surface area contributed by atoms with E-state index in [1.54, 1.807) is 21.7 Å². The Morgan fingerprint density at radius 1 is 1.28 bits per heavy atom. The zero-order chi connectivity index (χ0) is 25.4. The van der Waals surface area contributed by atoms with Gasteiger partial charge >= 0.3 is 12.1 Å². The minimum absolute atomic E-state index is 0.0896. The first-order chi connectivity index (χ1) is 17.3. The van der Waals surface area contributed by atoms with Crippen LogP contribution in [0.25, 0.3) is 5.52 Å². The van der Waals surface area contributed by atoms with Gasteiger partial charge in [-0.3, -0.25) is 4.90 Å². The Hall–Kier alpha value is -4.18. The van der Waals surface area contributed by atoms with E-state index in [1.165, 1.54) is 6.07 Å². The van der Waals surface area contributed by atoms with Crippen molar-refractivity contribution in [3.63, 3.8) is 0 Å². The molecule has 4 aromatic rings. The number of carbonyl (C=O) groups excluding carboxylic acids is 1. The number of hydrogen-bond donors (Lipinski definition) is 2. The molecule has 1 aliphatic rings. The first-order valence-corrected chi connectivity index (χ1v) is 11.7. The third-order valence-corrected chi connectivity index (χ3v) is 6.25. The highest BCUT2D eigenvalue weighted by Crippen LogP contribution is 2.29. The number of rotatable bonds is 7. The number of carboxylic acids is 1. The predicted molar refractivity (Wildman–Crippen MR) is 134 cm³/mol. The SMILES string of the molecule is Cc1cc([C@@H](C)Nc2ccc(Cl)nc2C(=O)O)nc(N2C(=O)OC[C@@H]2Cc2cccn3nccc23)c1. The van der Waals surface area contributed by atoms with Crippen molar-refractivity contribution >= 4 is 40.7 Å². The number of cyclic esters (lactones) is 1. The fraction of sp³-hybridized carbons (Fsp3) is 0.240. The number of pyridine rings is 3. The third kappa shape index (κ3) is 4.55. The standard InChI is InChI=1S/C25H23ClN6O4/c1-14-10-19(15(2)28-18-5-6-21(26)30-23(18)24(33)34)29-22(11-14)32-17(13-36-25(32)35)12-16-4-3-9-31-20(16)7-8-27-31/h3-11,15,17,28H,12-13H2,1-2H3,(H,33,34)/t15-,17+/m1/s1. The van der Waals surface area contributed by atoms with Gasteiger partial charge in [-0.25, -0.2) is 24.1 Å². The van der Waals surface area contributed by atoms with Crippen molar-refractivity contribution in [2.45, 2.75) is 32.4 Å². The van der Waals surface area contributed by atoms with Gasteiger partial charge in [0.05, 0.1) is 29.0 Å². The van der Waals surface area contributed by atoms with Crippen molar-refractivity contribution in [3.8, 4) is 0 Å². The Balaban J connectivity index is 1.43. The number of carboxylic acid groups (broad SMARTS) is 1. The van der Waals surface area contributed by atoms with E-state index in [-0.39, 0.29) is 29.5 Å². The number of amides is 1. The number of hydrogen-bond acceptors (Lipinski definition) is 7. The summed E-state index contributed by atoms with van der Waals surface area (Å²) >= 11 is 5.87. The highest BCUT2D eigenvalue weighted by molar-refractivity contribution is 6.29. The molecule has 1 fully saturated rings. The van der Waals surface area contributed by atoms with Crippen molar-refractivity contribution in [1.29, 1.82) is 0 Å². The summed E-state index contributed by atoms with van der Waals surface area (Å²) in [5, 5.41) is 17.0. The first kappa shape index (κ1) is 23.6. The van der Waals surface area contributed by atoms with Gasteiger partial charge in [0, 0.05) is 12.4 Å². The van der Waals surface area contributed by atoms with E-state index in [0.717, 1.165) is 16.6 Å². The molecule has 0 saturated carbocycles. The minimum Gasteiger partial charge on any atom is -0.476 e. The van der Waals surface area contributed by atoms with Crippen molar-refractivity contribution in [1.82, 2.24) is 19.6 Å². The molecule has 1 aliphatic heterocycles. The Labute approximate surface area is 211 Å². The number of ether oxygens (including phenoxy) is 1. The second-order valence-electron chi connectivity index (χ2n) is 8.63. The van der Waals surface area contributed by atoms with Crippen molar-refractivity contribution < 1.29 is 19.4 Å². The fourth-order valence-corrected chi connectivity index (χ4v) is 4.52. The van der Waals surface area contributed by atoms with Gasteiger partial charge < -0.3 is 15.2 Å². The molecule has 4 aromatic heterocycles. The van der Waals surface area contributed by atoms with Gasteiger partial charge in [-0.1, -0.05) is 17.7 Å². The normalized spacial score (nSPS) is 16.2. The third-order valence-electron chi connectivity index (χ3n) is 6.04. The zero-order valence-electron chi connectivity index (χ0n) is 19.6. The van der Waals surface area contributed by atoms with Crippen molar-refractivity contribution in [3.05, 3.63) is 82.5 Å². The number of carbonyl (C=O) groups is 2. The lowest BCUT2D eigenvalue weighted by Crippen LogP contribution is -2.36. The molecule has 11 heteroatoms. The summed E-state index contributed by atoms with van der Waals surface area (Å²) in [6, 6.07) is 12.0. The number of aromatic carboxylic acids is 1. The molecule has 1 amide bonds. The molecule has 0 radical (unpaired) electrons. The van der Waals surface area contributed by atoms with Crippen LogP contribution in [0.15, 0.2) is 54.9 Å². The molecule has 2 N–H and O–H groups in total. The minimum atomic E-state index is -1.19. The average Bonchev–Trinajstić information content (AvgIpc) is 3.47. The maximum absolute atomic E-state index is 12.8. The summed E-state index contributed by atoms with van der Waals surface area (Å²) in [4.78, 5) is 34.6. The van der Waals surface area contributed by atoms with E-state index in [9.17, 15) is 14.7 Å². The van der Waals surface area contributed by atoms with Gasteiger partial charge in [-0.2, -0.15) is 5.10 Å². The van der Waals surface area contributed by atoms with Gasteiger partial charge in [0.15, 0.2) is 5.69 Å². The lowest BCUT2D eigenvalue weighted by Gasteiger charge is -2.23. The number of nitrogens with one attached hydrogen (secondary N) is 1. The number of aryl methyl sites for hydroxylation is 1. The van der Waals surface area contributed by atoms with Gasteiger partial charge in [-0.05, 0) is 67.8 Å². The second kappa shape index (κ2) is 9.46. The van der Waals surface area contributed by atoms with E-state index in [4.69, 9.17) is 21.3 Å². The first-order valence-electron chi connectivity index (χ1n) is 11.3. The molecule has 2 atom stereocenters. The van der Waals surface area contributed by atoms with Crippen LogP contribution in [0, 0.1) is 6.92 Å². The number of fused-ring (bicyclic) bond motifs is 1. The van der Waals surface area contributed by atoms with E-state index in [2.05, 4.69) is 15.4 Å². The monoisotopic (exact) mass is 506 g/mol. The maximum Gasteiger partial charge on any atom is 0.415 e. The van der Waals surface area contributed by atoms with Crippen LogP contribution in [0.3, 0.4) is 0 Å². The molecule has 184 valence electrons. The summed E-state index contributed by atoms with van der Waals surface area (Å²) in [5.41, 5.74) is 3.68. The largest absolute Gasteiger partial charge is 0.476 e. The molecular weight excluding hydrogens is 484 g/mol. The number of halogens is 1. The average molecular weight is 507 g/mol. The molecular formula is C25H23ClN6O4. The topological polar surface area (TPSA) is 122 Å². The molecule has 5 heterocycles. The van der Waals surface area contributed by atoms with Crippen LogP contribution in [0.5, 0.6) is 0 Å². The molecule has 5 rings (SSSR count).